The third-order valence-electron chi connectivity index (χ3n) is 2.81. The molecule has 1 aromatic rings. The van der Waals surface area contributed by atoms with Crippen molar-refractivity contribution >= 4 is 12.6 Å². The van der Waals surface area contributed by atoms with Crippen LogP contribution in [-0.4, -0.2) is 17.2 Å². The van der Waals surface area contributed by atoms with Crippen molar-refractivity contribution in [2.75, 3.05) is 0 Å². The SMILES string of the molecule is OB(O)c1ccc(C2CCC2)cc1. The fourth-order valence-electron chi connectivity index (χ4n) is 1.68. The average molecular weight is 176 g/mol. The van der Waals surface area contributed by atoms with Gasteiger partial charge < -0.3 is 10.0 Å². The maximum atomic E-state index is 8.88. The Morgan fingerprint density at radius 3 is 2.08 bits per heavy atom. The summed E-state index contributed by atoms with van der Waals surface area (Å²) < 4.78 is 0. The van der Waals surface area contributed by atoms with Gasteiger partial charge in [0, 0.05) is 0 Å². The molecule has 1 fully saturated rings. The van der Waals surface area contributed by atoms with Crippen LogP contribution in [0.2, 0.25) is 0 Å². The first kappa shape index (κ1) is 8.79. The van der Waals surface area contributed by atoms with Crippen molar-refractivity contribution in [3.63, 3.8) is 0 Å². The maximum absolute atomic E-state index is 8.88. The summed E-state index contributed by atoms with van der Waals surface area (Å²) in [6.07, 6.45) is 3.89. The van der Waals surface area contributed by atoms with E-state index in [0.29, 0.717) is 11.4 Å². The van der Waals surface area contributed by atoms with Gasteiger partial charge in [-0.05, 0) is 29.8 Å². The fourth-order valence-corrected chi connectivity index (χ4v) is 1.68. The maximum Gasteiger partial charge on any atom is 0.488 e. The summed E-state index contributed by atoms with van der Waals surface area (Å²) in [6.45, 7) is 0. The molecular weight excluding hydrogens is 163 g/mol. The van der Waals surface area contributed by atoms with Gasteiger partial charge in [-0.3, -0.25) is 0 Å². The first-order chi connectivity index (χ1) is 6.27. The van der Waals surface area contributed by atoms with Crippen LogP contribution in [0.1, 0.15) is 30.7 Å². The zero-order valence-corrected chi connectivity index (χ0v) is 7.48. The van der Waals surface area contributed by atoms with Crippen LogP contribution < -0.4 is 5.46 Å². The summed E-state index contributed by atoms with van der Waals surface area (Å²) in [5.74, 6) is 0.713. The minimum Gasteiger partial charge on any atom is -0.423 e. The lowest BCUT2D eigenvalue weighted by Crippen LogP contribution is -2.29. The molecule has 1 aromatic carbocycles. The van der Waals surface area contributed by atoms with Gasteiger partial charge in [0.2, 0.25) is 0 Å². The highest BCUT2D eigenvalue weighted by atomic mass is 16.4. The number of benzene rings is 1. The van der Waals surface area contributed by atoms with E-state index in [2.05, 4.69) is 0 Å². The van der Waals surface area contributed by atoms with Crippen LogP contribution >= 0.6 is 0 Å². The van der Waals surface area contributed by atoms with E-state index in [1.165, 1.54) is 24.8 Å². The molecule has 13 heavy (non-hydrogen) atoms. The van der Waals surface area contributed by atoms with Gasteiger partial charge in [0.05, 0.1) is 0 Å². The standard InChI is InChI=1S/C10H13BO2/c12-11(13)10-6-4-9(5-7-10)8-2-1-3-8/h4-8,12-13H,1-3H2. The molecule has 1 aliphatic rings. The normalized spacial score (nSPS) is 16.8. The second-order valence-electron chi connectivity index (χ2n) is 3.67. The predicted molar refractivity (Wildman–Crippen MR) is 52.9 cm³/mol. The minimum absolute atomic E-state index is 0.572. The van der Waals surface area contributed by atoms with E-state index in [4.69, 9.17) is 10.0 Å². The van der Waals surface area contributed by atoms with Crippen molar-refractivity contribution in [3.8, 4) is 0 Å². The van der Waals surface area contributed by atoms with Gasteiger partial charge in [-0.1, -0.05) is 30.7 Å². The monoisotopic (exact) mass is 176 g/mol. The van der Waals surface area contributed by atoms with Crippen LogP contribution in [-0.2, 0) is 0 Å². The van der Waals surface area contributed by atoms with Crippen molar-refractivity contribution in [1.82, 2.24) is 0 Å². The number of hydrogen-bond donors (Lipinski definition) is 2. The van der Waals surface area contributed by atoms with Crippen LogP contribution in [0.5, 0.6) is 0 Å². The topological polar surface area (TPSA) is 40.5 Å². The van der Waals surface area contributed by atoms with E-state index >= 15 is 0 Å². The molecule has 0 aliphatic heterocycles. The fraction of sp³-hybridized carbons (Fsp3) is 0.400. The molecule has 0 radical (unpaired) electrons. The summed E-state index contributed by atoms with van der Waals surface area (Å²) in [7, 11) is -1.34. The molecule has 0 heterocycles. The lowest BCUT2D eigenvalue weighted by atomic mass is 9.76. The third-order valence-corrected chi connectivity index (χ3v) is 2.81. The highest BCUT2D eigenvalue weighted by Gasteiger charge is 2.19. The molecule has 0 atom stereocenters. The van der Waals surface area contributed by atoms with Crippen LogP contribution in [0.15, 0.2) is 24.3 Å². The Balaban J connectivity index is 2.13. The Kier molecular flexibility index (Phi) is 2.38. The van der Waals surface area contributed by atoms with Gasteiger partial charge in [0.15, 0.2) is 0 Å². The quantitative estimate of drug-likeness (QED) is 0.649. The Hall–Kier alpha value is -0.795. The third kappa shape index (κ3) is 1.76. The zero-order chi connectivity index (χ0) is 9.26. The molecule has 2 rings (SSSR count). The van der Waals surface area contributed by atoms with Gasteiger partial charge in [-0.15, -0.1) is 0 Å². The van der Waals surface area contributed by atoms with Gasteiger partial charge in [-0.2, -0.15) is 0 Å². The Bertz CT molecular complexity index is 277. The van der Waals surface area contributed by atoms with Crippen LogP contribution in [0.25, 0.3) is 0 Å². The lowest BCUT2D eigenvalue weighted by Gasteiger charge is -2.25. The van der Waals surface area contributed by atoms with E-state index in [9.17, 15) is 0 Å². The van der Waals surface area contributed by atoms with Gasteiger partial charge in [0.1, 0.15) is 0 Å². The number of hydrogen-bond acceptors (Lipinski definition) is 2. The molecule has 0 aromatic heterocycles. The summed E-state index contributed by atoms with van der Waals surface area (Å²) >= 11 is 0. The van der Waals surface area contributed by atoms with Crippen LogP contribution in [0, 0.1) is 0 Å². The molecule has 3 heteroatoms. The Morgan fingerprint density at radius 2 is 1.69 bits per heavy atom. The summed E-state index contributed by atoms with van der Waals surface area (Å²) in [5.41, 5.74) is 1.90. The molecule has 2 nitrogen and oxygen atoms in total. The van der Waals surface area contributed by atoms with Crippen LogP contribution in [0.4, 0.5) is 0 Å². The number of rotatable bonds is 2. The van der Waals surface area contributed by atoms with E-state index in [-0.39, 0.29) is 0 Å². The van der Waals surface area contributed by atoms with Crippen molar-refractivity contribution in [2.24, 2.45) is 0 Å². The zero-order valence-electron chi connectivity index (χ0n) is 7.48. The van der Waals surface area contributed by atoms with E-state index < -0.39 is 7.12 Å². The summed E-state index contributed by atoms with van der Waals surface area (Å²) in [5, 5.41) is 17.8. The molecule has 0 spiro atoms. The first-order valence-electron chi connectivity index (χ1n) is 4.73. The molecule has 2 N–H and O–H groups in total. The highest BCUT2D eigenvalue weighted by Crippen LogP contribution is 2.35. The van der Waals surface area contributed by atoms with Gasteiger partial charge in [-0.25, -0.2) is 0 Å². The van der Waals surface area contributed by atoms with E-state index in [1.807, 2.05) is 12.1 Å². The molecule has 0 amide bonds. The van der Waals surface area contributed by atoms with Crippen LogP contribution in [0.3, 0.4) is 0 Å². The molecule has 1 aliphatic carbocycles. The summed E-state index contributed by atoms with van der Waals surface area (Å²) in [6, 6.07) is 7.58. The molecule has 1 saturated carbocycles. The van der Waals surface area contributed by atoms with E-state index in [1.54, 1.807) is 12.1 Å². The Labute approximate surface area is 78.4 Å². The van der Waals surface area contributed by atoms with Crippen molar-refractivity contribution in [3.05, 3.63) is 29.8 Å². The largest absolute Gasteiger partial charge is 0.488 e. The Morgan fingerprint density at radius 1 is 1.08 bits per heavy atom. The van der Waals surface area contributed by atoms with Crippen molar-refractivity contribution in [2.45, 2.75) is 25.2 Å². The predicted octanol–water partition coefficient (Wildman–Crippen LogP) is 0.634. The van der Waals surface area contributed by atoms with E-state index in [0.717, 1.165) is 0 Å². The van der Waals surface area contributed by atoms with Crippen molar-refractivity contribution < 1.29 is 10.0 Å². The summed E-state index contributed by atoms with van der Waals surface area (Å²) in [4.78, 5) is 0. The second-order valence-corrected chi connectivity index (χ2v) is 3.67. The average Bonchev–Trinajstić information content (AvgIpc) is 2.02. The first-order valence-corrected chi connectivity index (χ1v) is 4.73. The second kappa shape index (κ2) is 3.52. The van der Waals surface area contributed by atoms with Crippen molar-refractivity contribution in [1.29, 1.82) is 0 Å². The lowest BCUT2D eigenvalue weighted by molar-refractivity contribution is 0.419. The molecule has 0 unspecified atom stereocenters. The molecule has 68 valence electrons. The molecule has 0 saturated heterocycles. The highest BCUT2D eigenvalue weighted by molar-refractivity contribution is 6.58. The minimum atomic E-state index is -1.34. The molecular formula is C10H13BO2. The van der Waals surface area contributed by atoms with Gasteiger partial charge in [0.25, 0.3) is 0 Å². The molecule has 0 bridgehead atoms. The smallest absolute Gasteiger partial charge is 0.423 e. The van der Waals surface area contributed by atoms with Gasteiger partial charge >= 0.3 is 7.12 Å².